The number of rotatable bonds is 2. The number of hydrogen-bond donors (Lipinski definition) is 0. The van der Waals surface area contributed by atoms with Crippen molar-refractivity contribution >= 4 is 12.3 Å². The topological polar surface area (TPSA) is 18.5 Å². The van der Waals surface area contributed by atoms with Crippen molar-refractivity contribution in [1.29, 1.82) is 0 Å². The van der Waals surface area contributed by atoms with E-state index in [0.717, 1.165) is 12.3 Å². The smallest absolute Gasteiger partial charge is 0.159 e. The largest absolute Gasteiger partial charge is 0.286 e. The first-order chi connectivity index (χ1) is 4.71. The molecule has 0 aromatic rings. The van der Waals surface area contributed by atoms with E-state index in [1.165, 1.54) is 0 Å². The van der Waals surface area contributed by atoms with Crippen LogP contribution in [0.4, 0.5) is 0 Å². The van der Waals surface area contributed by atoms with Gasteiger partial charge in [0.25, 0.3) is 0 Å². The SMILES string of the molecule is CC(C)(C)OSOC(C)(C)C. The van der Waals surface area contributed by atoms with E-state index in [1.54, 1.807) is 0 Å². The first-order valence-corrected chi connectivity index (χ1v) is 4.41. The van der Waals surface area contributed by atoms with Gasteiger partial charge in [-0.2, -0.15) is 0 Å². The molecule has 0 fully saturated rings. The van der Waals surface area contributed by atoms with Crippen LogP contribution in [-0.2, 0) is 8.37 Å². The predicted octanol–water partition coefficient (Wildman–Crippen LogP) is 3.18. The first-order valence-electron chi connectivity index (χ1n) is 3.74. The second kappa shape index (κ2) is 3.78. The third-order valence-corrected chi connectivity index (χ3v) is 1.70. The van der Waals surface area contributed by atoms with Crippen molar-refractivity contribution < 1.29 is 8.37 Å². The summed E-state index contributed by atoms with van der Waals surface area (Å²) in [4.78, 5) is 0. The monoisotopic (exact) mass is 178 g/mol. The summed E-state index contributed by atoms with van der Waals surface area (Å²) >= 11 is 1.07. The van der Waals surface area contributed by atoms with Crippen LogP contribution in [0.1, 0.15) is 41.5 Å². The molecule has 0 bridgehead atoms. The lowest BCUT2D eigenvalue weighted by Gasteiger charge is -2.21. The van der Waals surface area contributed by atoms with E-state index >= 15 is 0 Å². The van der Waals surface area contributed by atoms with Crippen LogP contribution in [0.3, 0.4) is 0 Å². The van der Waals surface area contributed by atoms with Gasteiger partial charge in [-0.25, -0.2) is 0 Å². The standard InChI is InChI=1S/C8H18O2S/c1-7(2,3)9-11-10-8(4,5)6/h1-6H3. The van der Waals surface area contributed by atoms with Crippen molar-refractivity contribution in [3.8, 4) is 0 Å². The summed E-state index contributed by atoms with van der Waals surface area (Å²) in [6.45, 7) is 12.0. The van der Waals surface area contributed by atoms with Crippen molar-refractivity contribution in [2.45, 2.75) is 52.7 Å². The van der Waals surface area contributed by atoms with Crippen LogP contribution in [0.25, 0.3) is 0 Å². The zero-order valence-corrected chi connectivity index (χ0v) is 9.04. The quantitative estimate of drug-likeness (QED) is 0.605. The number of hydrogen-bond acceptors (Lipinski definition) is 3. The molecule has 0 atom stereocenters. The summed E-state index contributed by atoms with van der Waals surface area (Å²) < 4.78 is 10.6. The van der Waals surface area contributed by atoms with Crippen LogP contribution in [0.2, 0.25) is 0 Å². The molecule has 0 N–H and O–H groups in total. The van der Waals surface area contributed by atoms with Gasteiger partial charge in [-0.05, 0) is 41.5 Å². The Bertz CT molecular complexity index is 96.2. The highest BCUT2D eigenvalue weighted by atomic mass is 32.2. The Labute approximate surface area is 74.1 Å². The van der Waals surface area contributed by atoms with Gasteiger partial charge >= 0.3 is 0 Å². The van der Waals surface area contributed by atoms with Crippen LogP contribution in [0.15, 0.2) is 0 Å². The maximum atomic E-state index is 5.30. The molecule has 3 heteroatoms. The van der Waals surface area contributed by atoms with E-state index in [1.807, 2.05) is 41.5 Å². The van der Waals surface area contributed by atoms with Crippen molar-refractivity contribution in [3.05, 3.63) is 0 Å². The minimum absolute atomic E-state index is 0.143. The van der Waals surface area contributed by atoms with E-state index in [-0.39, 0.29) is 11.2 Å². The van der Waals surface area contributed by atoms with Gasteiger partial charge in [-0.3, -0.25) is 8.37 Å². The lowest BCUT2D eigenvalue weighted by molar-refractivity contribution is 0.0991. The Morgan fingerprint density at radius 1 is 0.727 bits per heavy atom. The molecule has 68 valence electrons. The van der Waals surface area contributed by atoms with Crippen LogP contribution in [0, 0.1) is 0 Å². The Morgan fingerprint density at radius 3 is 1.18 bits per heavy atom. The minimum atomic E-state index is -0.143. The summed E-state index contributed by atoms with van der Waals surface area (Å²) in [6.07, 6.45) is 0. The maximum absolute atomic E-state index is 5.30. The fourth-order valence-corrected chi connectivity index (χ4v) is 0.663. The van der Waals surface area contributed by atoms with E-state index in [2.05, 4.69) is 0 Å². The van der Waals surface area contributed by atoms with Gasteiger partial charge < -0.3 is 0 Å². The van der Waals surface area contributed by atoms with Crippen LogP contribution < -0.4 is 0 Å². The van der Waals surface area contributed by atoms with Gasteiger partial charge in [0.1, 0.15) is 0 Å². The van der Waals surface area contributed by atoms with Crippen molar-refractivity contribution in [1.82, 2.24) is 0 Å². The predicted molar refractivity (Wildman–Crippen MR) is 49.3 cm³/mol. The Morgan fingerprint density at radius 2 is 1.00 bits per heavy atom. The second-order valence-corrected chi connectivity index (χ2v) is 4.93. The zero-order chi connectivity index (χ0) is 9.12. The first kappa shape index (κ1) is 11.3. The molecule has 11 heavy (non-hydrogen) atoms. The average molecular weight is 178 g/mol. The van der Waals surface area contributed by atoms with Crippen LogP contribution in [-0.4, -0.2) is 11.2 Å². The molecule has 0 amide bonds. The molecule has 0 radical (unpaired) electrons. The lowest BCUT2D eigenvalue weighted by Crippen LogP contribution is -2.19. The van der Waals surface area contributed by atoms with E-state index in [9.17, 15) is 0 Å². The molecular weight excluding hydrogens is 160 g/mol. The molecule has 0 aromatic heterocycles. The third kappa shape index (κ3) is 10.3. The Balaban J connectivity index is 3.44. The highest BCUT2D eigenvalue weighted by Crippen LogP contribution is 2.23. The van der Waals surface area contributed by atoms with Gasteiger partial charge in [-0.1, -0.05) is 0 Å². The molecule has 0 aliphatic rings. The lowest BCUT2D eigenvalue weighted by atomic mass is 10.2. The maximum Gasteiger partial charge on any atom is 0.159 e. The van der Waals surface area contributed by atoms with Gasteiger partial charge in [0.05, 0.1) is 11.2 Å². The molecule has 0 aromatic carbocycles. The fourth-order valence-electron chi connectivity index (χ4n) is 0.221. The third-order valence-electron chi connectivity index (χ3n) is 0.568. The molecule has 0 aliphatic carbocycles. The van der Waals surface area contributed by atoms with Gasteiger partial charge in [-0.15, -0.1) is 0 Å². The summed E-state index contributed by atoms with van der Waals surface area (Å²) in [5.74, 6) is 0. The van der Waals surface area contributed by atoms with Crippen LogP contribution in [0.5, 0.6) is 0 Å². The van der Waals surface area contributed by atoms with Gasteiger partial charge in [0, 0.05) is 0 Å². The van der Waals surface area contributed by atoms with Crippen molar-refractivity contribution in [2.75, 3.05) is 0 Å². The van der Waals surface area contributed by atoms with E-state index < -0.39 is 0 Å². The highest BCUT2D eigenvalue weighted by molar-refractivity contribution is 7.89. The van der Waals surface area contributed by atoms with Gasteiger partial charge in [0.15, 0.2) is 12.3 Å². The molecular formula is C8H18O2S. The normalized spacial score (nSPS) is 13.6. The minimum Gasteiger partial charge on any atom is -0.286 e. The molecule has 0 saturated carbocycles. The summed E-state index contributed by atoms with van der Waals surface area (Å²) in [7, 11) is 0. The molecule has 2 nitrogen and oxygen atoms in total. The molecule has 0 saturated heterocycles. The van der Waals surface area contributed by atoms with E-state index in [0.29, 0.717) is 0 Å². The highest BCUT2D eigenvalue weighted by Gasteiger charge is 2.16. The fraction of sp³-hybridized carbons (Fsp3) is 1.00. The summed E-state index contributed by atoms with van der Waals surface area (Å²) in [6, 6.07) is 0. The molecule has 0 heterocycles. The molecule has 0 aliphatic heterocycles. The Hall–Kier alpha value is 0.270. The molecule has 0 unspecified atom stereocenters. The molecule has 0 rings (SSSR count). The Kier molecular flexibility index (Phi) is 3.88. The summed E-state index contributed by atoms with van der Waals surface area (Å²) in [5, 5.41) is 0. The zero-order valence-electron chi connectivity index (χ0n) is 8.22. The summed E-state index contributed by atoms with van der Waals surface area (Å²) in [5.41, 5.74) is -0.286. The van der Waals surface area contributed by atoms with Crippen molar-refractivity contribution in [2.24, 2.45) is 0 Å². The molecule has 0 spiro atoms. The van der Waals surface area contributed by atoms with Crippen molar-refractivity contribution in [3.63, 3.8) is 0 Å². The van der Waals surface area contributed by atoms with E-state index in [4.69, 9.17) is 8.37 Å². The van der Waals surface area contributed by atoms with Gasteiger partial charge in [0.2, 0.25) is 0 Å². The van der Waals surface area contributed by atoms with Crippen LogP contribution >= 0.6 is 12.3 Å². The average Bonchev–Trinajstić information content (AvgIpc) is 1.55. The second-order valence-electron chi connectivity index (χ2n) is 4.46.